The van der Waals surface area contributed by atoms with Crippen molar-refractivity contribution in [2.45, 2.75) is 72.8 Å². The molecule has 2 atom stereocenters. The normalized spacial score (nSPS) is 17.5. The van der Waals surface area contributed by atoms with Crippen LogP contribution in [0.15, 0.2) is 146 Å². The standard InChI is InChI=1S/2C25H23.C2H7Si.2ClH.Hf/c2*1-25(2,3)24-15-8-7-13-22(24)21-14-9-12-19-16-20(17-23(19)21)18-10-5-4-6-11-18;1-3-2;;;/h2*4-17H,1-3H3;3H,1-2H3;2*1H;/q;;;;;+2/p-2. The fraction of sp³-hybridized carbons (Fsp3) is 0.231. The van der Waals surface area contributed by atoms with Gasteiger partial charge < -0.3 is 0 Å². The molecule has 56 heavy (non-hydrogen) atoms. The average Bonchev–Trinajstić information content (AvgIpc) is 3.79. The van der Waals surface area contributed by atoms with E-state index in [0.29, 0.717) is 0 Å². The molecule has 0 radical (unpaired) electrons. The second kappa shape index (κ2) is 14.4. The Morgan fingerprint density at radius 1 is 0.429 bits per heavy atom. The molecular formula is C52H53Cl2HfSi. The third-order valence-electron chi connectivity index (χ3n) is 12.6. The molecule has 2 aliphatic rings. The first-order valence-corrected chi connectivity index (χ1v) is 42.3. The van der Waals surface area contributed by atoms with Crippen LogP contribution in [0.3, 0.4) is 0 Å². The van der Waals surface area contributed by atoms with Gasteiger partial charge in [-0.3, -0.25) is 0 Å². The molecule has 4 heteroatoms. The first-order valence-electron chi connectivity index (χ1n) is 20.2. The summed E-state index contributed by atoms with van der Waals surface area (Å²) in [6.07, 6.45) is 4.94. The van der Waals surface area contributed by atoms with Crippen LogP contribution in [0.2, 0.25) is 13.1 Å². The van der Waals surface area contributed by atoms with E-state index in [0.717, 1.165) is 0 Å². The molecule has 0 N–H and O–H groups in total. The Balaban J connectivity index is 1.44. The number of hydrogen-bond donors (Lipinski definition) is 0. The van der Waals surface area contributed by atoms with E-state index in [1.165, 1.54) is 77.9 Å². The van der Waals surface area contributed by atoms with Crippen LogP contribution in [0.1, 0.15) is 93.4 Å². The zero-order valence-corrected chi connectivity index (χ0v) is 40.3. The molecular weight excluding hydrogens is 902 g/mol. The van der Waals surface area contributed by atoms with Gasteiger partial charge in [0.2, 0.25) is 0 Å². The Bertz CT molecular complexity index is 2340. The van der Waals surface area contributed by atoms with Crippen molar-refractivity contribution in [1.29, 1.82) is 0 Å². The van der Waals surface area contributed by atoms with Crippen molar-refractivity contribution in [2.24, 2.45) is 0 Å². The van der Waals surface area contributed by atoms with E-state index in [1.807, 2.05) is 0 Å². The Labute approximate surface area is 344 Å². The first-order chi connectivity index (χ1) is 26.6. The SMILES string of the molecule is C[SiH](C)[Hf]([Cl])([Cl])([CH]1C(c2ccccc2)=Cc2c(-c3ccccc3C(C)(C)C)cccc21)[CH]1C(c2ccccc2)=Cc2c(-c3ccccc3C(C)(C)C)cccc21. The van der Waals surface area contributed by atoms with Gasteiger partial charge in [-0.25, -0.2) is 0 Å². The molecule has 2 aliphatic carbocycles. The summed E-state index contributed by atoms with van der Waals surface area (Å²) < 4.78 is -0.176. The van der Waals surface area contributed by atoms with Gasteiger partial charge in [0.05, 0.1) is 0 Å². The molecule has 0 nitrogen and oxygen atoms in total. The molecule has 0 fully saturated rings. The van der Waals surface area contributed by atoms with Gasteiger partial charge in [-0.05, 0) is 0 Å². The second-order valence-electron chi connectivity index (χ2n) is 18.4. The third kappa shape index (κ3) is 6.44. The van der Waals surface area contributed by atoms with E-state index in [9.17, 15) is 0 Å². The van der Waals surface area contributed by atoms with E-state index in [-0.39, 0.29) is 18.2 Å². The molecule has 283 valence electrons. The number of benzene rings is 6. The second-order valence-corrected chi connectivity index (χ2v) is 77.7. The Morgan fingerprint density at radius 2 is 0.768 bits per heavy atom. The number of rotatable bonds is 7. The molecule has 0 aromatic heterocycles. The summed E-state index contributed by atoms with van der Waals surface area (Å²) in [5.74, 6) is -1.85. The van der Waals surface area contributed by atoms with E-state index >= 15 is 0 Å². The van der Waals surface area contributed by atoms with Gasteiger partial charge >= 0.3 is 347 Å². The van der Waals surface area contributed by atoms with E-state index in [2.05, 4.69) is 212 Å². The van der Waals surface area contributed by atoms with Crippen molar-refractivity contribution >= 4 is 46.4 Å². The monoisotopic (exact) mass is 955 g/mol. The summed E-state index contributed by atoms with van der Waals surface area (Å²) in [4.78, 5) is 0. The molecule has 0 aliphatic heterocycles. The molecule has 8 rings (SSSR count). The fourth-order valence-corrected chi connectivity index (χ4v) is 52.4. The van der Waals surface area contributed by atoms with Gasteiger partial charge in [-0.1, -0.05) is 0 Å². The Hall–Kier alpha value is -3.53. The van der Waals surface area contributed by atoms with Crippen molar-refractivity contribution in [1.82, 2.24) is 0 Å². The molecule has 6 aromatic carbocycles. The van der Waals surface area contributed by atoms with E-state index in [1.54, 1.807) is 0 Å². The van der Waals surface area contributed by atoms with Crippen LogP contribution in [0.5, 0.6) is 0 Å². The summed E-state index contributed by atoms with van der Waals surface area (Å²) in [7, 11) is 18.1. The molecule has 0 saturated heterocycles. The van der Waals surface area contributed by atoms with Gasteiger partial charge in [-0.2, -0.15) is 0 Å². The average molecular weight is 955 g/mol. The van der Waals surface area contributed by atoms with Gasteiger partial charge in [0.1, 0.15) is 0 Å². The van der Waals surface area contributed by atoms with Crippen LogP contribution in [0.25, 0.3) is 45.6 Å². The summed E-state index contributed by atoms with van der Waals surface area (Å²) >= 11 is -5.42. The van der Waals surface area contributed by atoms with Gasteiger partial charge in [0.25, 0.3) is 0 Å². The molecule has 2 unspecified atom stereocenters. The minimum atomic E-state index is -5.42. The summed E-state index contributed by atoms with van der Waals surface area (Å²) in [6, 6.07) is 53.6. The van der Waals surface area contributed by atoms with Gasteiger partial charge in [-0.15, -0.1) is 0 Å². The van der Waals surface area contributed by atoms with Crippen molar-refractivity contribution in [2.75, 3.05) is 0 Å². The van der Waals surface area contributed by atoms with Crippen LogP contribution < -0.4 is 0 Å². The van der Waals surface area contributed by atoms with Gasteiger partial charge in [0, 0.05) is 0 Å². The zero-order chi connectivity index (χ0) is 39.6. The van der Waals surface area contributed by atoms with Crippen LogP contribution >= 0.6 is 17.2 Å². The quantitative estimate of drug-likeness (QED) is 0.140. The molecule has 0 heterocycles. The van der Waals surface area contributed by atoms with Gasteiger partial charge in [0.15, 0.2) is 0 Å². The molecule has 6 aromatic rings. The van der Waals surface area contributed by atoms with Crippen LogP contribution in [0.4, 0.5) is 0 Å². The van der Waals surface area contributed by atoms with Crippen molar-refractivity contribution in [3.8, 4) is 22.3 Å². The summed E-state index contributed by atoms with van der Waals surface area (Å²) in [5.41, 5.74) is 17.8. The molecule has 0 spiro atoms. The number of fused-ring (bicyclic) bond motifs is 2. The Morgan fingerprint density at radius 3 is 1.12 bits per heavy atom. The predicted octanol–water partition coefficient (Wildman–Crippen LogP) is 15.5. The van der Waals surface area contributed by atoms with Crippen molar-refractivity contribution in [3.05, 3.63) is 190 Å². The fourth-order valence-electron chi connectivity index (χ4n) is 9.80. The zero-order valence-electron chi connectivity index (χ0n) is 34.0. The third-order valence-corrected chi connectivity index (χ3v) is 85.0. The number of hydrogen-bond acceptors (Lipinski definition) is 0. The van der Waals surface area contributed by atoms with Crippen LogP contribution in [-0.2, 0) is 26.1 Å². The minimum absolute atomic E-state index is 0.0236. The van der Waals surface area contributed by atoms with E-state index < -0.39 is 21.3 Å². The summed E-state index contributed by atoms with van der Waals surface area (Å²) in [5, 5.41) is 0. The maximum absolute atomic E-state index is 9.06. The number of allylic oxidation sites excluding steroid dienone is 2. The topological polar surface area (TPSA) is 0 Å². The predicted molar refractivity (Wildman–Crippen MR) is 246 cm³/mol. The van der Waals surface area contributed by atoms with Crippen LogP contribution in [0, 0.1) is 0 Å². The van der Waals surface area contributed by atoms with Crippen molar-refractivity contribution in [3.63, 3.8) is 0 Å². The van der Waals surface area contributed by atoms with Crippen molar-refractivity contribution < 1.29 is 15.3 Å². The molecule has 0 bridgehead atoms. The Kier molecular flexibility index (Phi) is 10.1. The number of halogens is 2. The van der Waals surface area contributed by atoms with Crippen LogP contribution in [-0.4, -0.2) is 5.98 Å². The molecule has 0 amide bonds. The maximum atomic E-state index is 9.06. The first kappa shape index (κ1) is 39.3. The molecule has 0 saturated carbocycles. The van der Waals surface area contributed by atoms with E-state index in [4.69, 9.17) is 17.2 Å². The summed E-state index contributed by atoms with van der Waals surface area (Å²) in [6.45, 7) is 18.8.